The van der Waals surface area contributed by atoms with Crippen LogP contribution < -0.4 is 5.32 Å². The summed E-state index contributed by atoms with van der Waals surface area (Å²) >= 11 is 1.55. The van der Waals surface area contributed by atoms with Gasteiger partial charge in [-0.3, -0.25) is 9.59 Å². The highest BCUT2D eigenvalue weighted by atomic mass is 32.1. The van der Waals surface area contributed by atoms with Gasteiger partial charge in [-0.25, -0.2) is 4.98 Å². The zero-order valence-corrected chi connectivity index (χ0v) is 14.8. The fourth-order valence-corrected chi connectivity index (χ4v) is 3.45. The van der Waals surface area contributed by atoms with Gasteiger partial charge < -0.3 is 10.2 Å². The van der Waals surface area contributed by atoms with Crippen LogP contribution in [0.5, 0.6) is 0 Å². The molecule has 5 nitrogen and oxygen atoms in total. The van der Waals surface area contributed by atoms with Crippen molar-refractivity contribution in [3.05, 3.63) is 35.2 Å². The van der Waals surface area contributed by atoms with E-state index in [2.05, 4.69) is 22.1 Å². The van der Waals surface area contributed by atoms with E-state index in [0.29, 0.717) is 13.1 Å². The van der Waals surface area contributed by atoms with Gasteiger partial charge in [-0.05, 0) is 37.8 Å². The van der Waals surface area contributed by atoms with Crippen LogP contribution in [0.25, 0.3) is 11.3 Å². The maximum Gasteiger partial charge on any atom is 0.298 e. The molecule has 6 heteroatoms. The summed E-state index contributed by atoms with van der Waals surface area (Å²) in [5.74, 6) is 4.71. The molecule has 0 saturated carbocycles. The van der Waals surface area contributed by atoms with E-state index >= 15 is 0 Å². The number of carbonyl (C=O) groups is 2. The summed E-state index contributed by atoms with van der Waals surface area (Å²) in [6, 6.07) is 7.64. The molecule has 1 saturated heterocycles. The normalized spacial score (nSPS) is 16.7. The van der Waals surface area contributed by atoms with Crippen LogP contribution in [0.15, 0.2) is 35.2 Å². The van der Waals surface area contributed by atoms with Crippen molar-refractivity contribution in [3.8, 4) is 23.1 Å². The zero-order valence-electron chi connectivity index (χ0n) is 14.0. The van der Waals surface area contributed by atoms with Crippen molar-refractivity contribution in [3.63, 3.8) is 0 Å². The van der Waals surface area contributed by atoms with Gasteiger partial charge in [0.05, 0.1) is 17.1 Å². The van der Waals surface area contributed by atoms with E-state index in [9.17, 15) is 9.59 Å². The summed E-state index contributed by atoms with van der Waals surface area (Å²) in [5, 5.41) is 4.93. The second kappa shape index (κ2) is 7.95. The van der Waals surface area contributed by atoms with E-state index in [-0.39, 0.29) is 17.7 Å². The quantitative estimate of drug-likeness (QED) is 0.863. The summed E-state index contributed by atoms with van der Waals surface area (Å²) in [6.45, 7) is 2.73. The van der Waals surface area contributed by atoms with Gasteiger partial charge in [0.15, 0.2) is 0 Å². The van der Waals surface area contributed by atoms with Gasteiger partial charge in [0, 0.05) is 29.7 Å². The predicted octanol–water partition coefficient (Wildman–Crippen LogP) is 3.01. The molecule has 0 radical (unpaired) electrons. The highest BCUT2D eigenvalue weighted by Crippen LogP contribution is 2.23. The highest BCUT2D eigenvalue weighted by molar-refractivity contribution is 7.07. The number of thiazole rings is 1. The number of piperidine rings is 1. The SMILES string of the molecule is CC#CC(=O)N1CCCC(C(=O)Nc2ccc(-c3cscn3)cc2)C1. The van der Waals surface area contributed by atoms with Gasteiger partial charge in [-0.2, -0.15) is 0 Å². The first-order valence-electron chi connectivity index (χ1n) is 8.18. The Morgan fingerprint density at radius 2 is 2.12 bits per heavy atom. The molecule has 1 aromatic carbocycles. The molecular formula is C19H19N3O2S. The first-order valence-corrected chi connectivity index (χ1v) is 9.13. The average molecular weight is 353 g/mol. The summed E-state index contributed by atoms with van der Waals surface area (Å²) in [5.41, 5.74) is 4.50. The Morgan fingerprint density at radius 1 is 1.32 bits per heavy atom. The number of hydrogen-bond acceptors (Lipinski definition) is 4. The second-order valence-electron chi connectivity index (χ2n) is 5.91. The van der Waals surface area contributed by atoms with Crippen molar-refractivity contribution in [2.24, 2.45) is 5.92 Å². The molecule has 1 aliphatic heterocycles. The molecule has 0 aliphatic carbocycles. The lowest BCUT2D eigenvalue weighted by molar-refractivity contribution is -0.129. The standard InChI is InChI=1S/C19H19N3O2S/c1-2-4-18(23)22-10-3-5-15(11-22)19(24)21-16-8-6-14(7-9-16)17-12-25-13-20-17/h6-9,12-13,15H,3,5,10-11H2,1H3,(H,21,24). The van der Waals surface area contributed by atoms with Crippen molar-refractivity contribution >= 4 is 28.8 Å². The monoisotopic (exact) mass is 353 g/mol. The van der Waals surface area contributed by atoms with Crippen molar-refractivity contribution < 1.29 is 9.59 Å². The zero-order chi connectivity index (χ0) is 17.6. The van der Waals surface area contributed by atoms with Crippen LogP contribution >= 0.6 is 11.3 Å². The Kier molecular flexibility index (Phi) is 5.46. The van der Waals surface area contributed by atoms with Gasteiger partial charge >= 0.3 is 0 Å². The first kappa shape index (κ1) is 17.2. The van der Waals surface area contributed by atoms with Crippen molar-refractivity contribution in [2.75, 3.05) is 18.4 Å². The minimum absolute atomic E-state index is 0.0524. The second-order valence-corrected chi connectivity index (χ2v) is 6.62. The molecule has 128 valence electrons. The van der Waals surface area contributed by atoms with Crippen LogP contribution in [0, 0.1) is 17.8 Å². The third kappa shape index (κ3) is 4.25. The van der Waals surface area contributed by atoms with Crippen molar-refractivity contribution in [2.45, 2.75) is 19.8 Å². The smallest absolute Gasteiger partial charge is 0.298 e. The molecule has 1 fully saturated rings. The van der Waals surface area contributed by atoms with Crippen LogP contribution in [0.2, 0.25) is 0 Å². The number of anilines is 1. The van der Waals surface area contributed by atoms with E-state index < -0.39 is 0 Å². The molecule has 25 heavy (non-hydrogen) atoms. The molecule has 0 spiro atoms. The van der Waals surface area contributed by atoms with Crippen molar-refractivity contribution in [1.29, 1.82) is 0 Å². The Bertz CT molecular complexity index is 803. The molecule has 3 rings (SSSR count). The van der Waals surface area contributed by atoms with Gasteiger partial charge in [-0.1, -0.05) is 18.1 Å². The lowest BCUT2D eigenvalue weighted by Crippen LogP contribution is -2.43. The number of amides is 2. The molecule has 1 unspecified atom stereocenters. The molecule has 2 amide bonds. The Balaban J connectivity index is 1.61. The van der Waals surface area contributed by atoms with Crippen LogP contribution in [-0.4, -0.2) is 34.8 Å². The number of nitrogens with zero attached hydrogens (tertiary/aromatic N) is 2. The highest BCUT2D eigenvalue weighted by Gasteiger charge is 2.27. The Hall–Kier alpha value is -2.65. The molecule has 1 N–H and O–H groups in total. The number of likely N-dealkylation sites (tertiary alicyclic amines) is 1. The van der Waals surface area contributed by atoms with Crippen LogP contribution in [-0.2, 0) is 9.59 Å². The minimum Gasteiger partial charge on any atom is -0.331 e. The molecular weight excluding hydrogens is 334 g/mol. The lowest BCUT2D eigenvalue weighted by Gasteiger charge is -2.30. The first-order chi connectivity index (χ1) is 12.2. The minimum atomic E-state index is -0.201. The van der Waals surface area contributed by atoms with Crippen LogP contribution in [0.1, 0.15) is 19.8 Å². The number of hydrogen-bond donors (Lipinski definition) is 1. The van der Waals surface area contributed by atoms with Crippen LogP contribution in [0.3, 0.4) is 0 Å². The molecule has 2 heterocycles. The van der Waals surface area contributed by atoms with E-state index in [1.165, 1.54) is 0 Å². The largest absolute Gasteiger partial charge is 0.331 e. The molecule has 1 aliphatic rings. The van der Waals surface area contributed by atoms with Crippen molar-refractivity contribution in [1.82, 2.24) is 9.88 Å². The molecule has 1 atom stereocenters. The van der Waals surface area contributed by atoms with Gasteiger partial charge in [0.2, 0.25) is 5.91 Å². The van der Waals surface area contributed by atoms with Gasteiger partial charge in [0.1, 0.15) is 0 Å². The topological polar surface area (TPSA) is 62.3 Å². The predicted molar refractivity (Wildman–Crippen MR) is 98.9 cm³/mol. The molecule has 2 aromatic rings. The third-order valence-corrected chi connectivity index (χ3v) is 4.78. The van der Waals surface area contributed by atoms with E-state index in [0.717, 1.165) is 29.8 Å². The number of rotatable bonds is 3. The summed E-state index contributed by atoms with van der Waals surface area (Å²) in [6.07, 6.45) is 1.60. The Morgan fingerprint density at radius 3 is 2.80 bits per heavy atom. The molecule has 0 bridgehead atoms. The Labute approximate surface area is 151 Å². The summed E-state index contributed by atoms with van der Waals surface area (Å²) < 4.78 is 0. The average Bonchev–Trinajstić information content (AvgIpc) is 3.17. The van der Waals surface area contributed by atoms with Gasteiger partial charge in [-0.15, -0.1) is 11.3 Å². The fourth-order valence-electron chi connectivity index (χ4n) is 2.89. The lowest BCUT2D eigenvalue weighted by atomic mass is 9.97. The maximum atomic E-state index is 12.5. The summed E-state index contributed by atoms with van der Waals surface area (Å²) in [4.78, 5) is 30.3. The number of carbonyl (C=O) groups excluding carboxylic acids is 2. The van der Waals surface area contributed by atoms with Crippen LogP contribution in [0.4, 0.5) is 5.69 Å². The fraction of sp³-hybridized carbons (Fsp3) is 0.316. The van der Waals surface area contributed by atoms with E-state index in [1.807, 2.05) is 29.6 Å². The molecule has 1 aromatic heterocycles. The van der Waals surface area contributed by atoms with E-state index in [1.54, 1.807) is 28.7 Å². The summed E-state index contributed by atoms with van der Waals surface area (Å²) in [7, 11) is 0. The maximum absolute atomic E-state index is 12.5. The number of aromatic nitrogens is 1. The van der Waals surface area contributed by atoms with E-state index in [4.69, 9.17) is 0 Å². The third-order valence-electron chi connectivity index (χ3n) is 4.19. The number of benzene rings is 1. The number of nitrogens with one attached hydrogen (secondary N) is 1. The van der Waals surface area contributed by atoms with Gasteiger partial charge in [0.25, 0.3) is 5.91 Å².